The van der Waals surface area contributed by atoms with Gasteiger partial charge in [0.15, 0.2) is 0 Å². The second-order valence-electron chi connectivity index (χ2n) is 2.43. The highest BCUT2D eigenvalue weighted by Gasteiger charge is 1.98. The van der Waals surface area contributed by atoms with Crippen LogP contribution >= 0.6 is 0 Å². The lowest BCUT2D eigenvalue weighted by molar-refractivity contribution is 1.35. The van der Waals surface area contributed by atoms with Gasteiger partial charge in [-0.25, -0.2) is 0 Å². The molecule has 1 aromatic rings. The van der Waals surface area contributed by atoms with Crippen molar-refractivity contribution in [2.75, 3.05) is 0 Å². The van der Waals surface area contributed by atoms with Gasteiger partial charge in [0.2, 0.25) is 0 Å². The Morgan fingerprint density at radius 1 is 1.22 bits per heavy atom. The fraction of sp³-hybridized carbons (Fsp3) is 0.222. The van der Waals surface area contributed by atoms with Crippen molar-refractivity contribution in [3.05, 3.63) is 41.8 Å². The molecule has 0 radical (unpaired) electrons. The molecule has 46 valence electrons. The van der Waals surface area contributed by atoms with Crippen molar-refractivity contribution in [1.82, 2.24) is 0 Å². The molecule has 0 aliphatic rings. The summed E-state index contributed by atoms with van der Waals surface area (Å²) in [4.78, 5) is 0. The predicted molar refractivity (Wildman–Crippen MR) is 40.4 cm³/mol. The molecule has 0 atom stereocenters. The molecule has 0 saturated heterocycles. The maximum absolute atomic E-state index is 3.86. The third kappa shape index (κ3) is 1.26. The van der Waals surface area contributed by atoms with E-state index in [0.717, 1.165) is 5.56 Å². The van der Waals surface area contributed by atoms with Crippen LogP contribution in [0.5, 0.6) is 0 Å². The van der Waals surface area contributed by atoms with E-state index in [0.29, 0.717) is 0 Å². The predicted octanol–water partition coefficient (Wildman–Crippen LogP) is 2.49. The number of benzene rings is 1. The van der Waals surface area contributed by atoms with Gasteiger partial charge < -0.3 is 0 Å². The van der Waals surface area contributed by atoms with Crippen LogP contribution in [-0.4, -0.2) is 0 Å². The molecule has 0 unspecified atom stereocenters. The van der Waals surface area contributed by atoms with Crippen LogP contribution in [0.15, 0.2) is 18.2 Å². The maximum atomic E-state index is 3.86. The summed E-state index contributed by atoms with van der Waals surface area (Å²) in [6.07, 6.45) is 0. The number of hydrogen-bond donors (Lipinski definition) is 0. The summed E-state index contributed by atoms with van der Waals surface area (Å²) < 4.78 is 0. The largest absolute Gasteiger partial charge is 0.129 e. The van der Waals surface area contributed by atoms with Gasteiger partial charge in [-0.2, -0.15) is 0 Å². The minimum atomic E-state index is 1.13. The minimum Gasteiger partial charge on any atom is -0.0374 e. The lowest BCUT2D eigenvalue weighted by atomic mass is 10.1. The molecule has 0 N–H and O–H groups in total. The van der Waals surface area contributed by atoms with E-state index < -0.39 is 0 Å². The first-order chi connectivity index (χ1) is 4.20. The Balaban J connectivity index is 3.17. The summed E-state index contributed by atoms with van der Waals surface area (Å²) in [6.45, 7) is 8.03. The van der Waals surface area contributed by atoms with Crippen LogP contribution < -0.4 is 0 Å². The number of hydrogen-bond acceptors (Lipinski definition) is 0. The molecule has 0 saturated carbocycles. The first-order valence-electron chi connectivity index (χ1n) is 3.09. The molecule has 0 amide bonds. The first-order valence-corrected chi connectivity index (χ1v) is 3.09. The average Bonchev–Trinajstić information content (AvgIpc) is 1.80. The zero-order valence-corrected chi connectivity index (χ0v) is 5.94. The summed E-state index contributed by atoms with van der Waals surface area (Å²) in [7, 11) is 0. The lowest BCUT2D eigenvalue weighted by Gasteiger charge is -1.89. The van der Waals surface area contributed by atoms with Crippen LogP contribution in [0.3, 0.4) is 0 Å². The highest BCUT2D eigenvalue weighted by atomic mass is 13.9. The lowest BCUT2D eigenvalue weighted by Crippen LogP contribution is -1.79. The van der Waals surface area contributed by atoms with Gasteiger partial charge in [0.25, 0.3) is 0 Å². The van der Waals surface area contributed by atoms with E-state index in [2.05, 4.69) is 32.9 Å². The Kier molecular flexibility index (Phi) is 1.48. The third-order valence-corrected chi connectivity index (χ3v) is 1.50. The van der Waals surface area contributed by atoms with Crippen molar-refractivity contribution >= 4 is 0 Å². The molecule has 1 aromatic carbocycles. The van der Waals surface area contributed by atoms with Gasteiger partial charge in [0, 0.05) is 26.0 Å². The van der Waals surface area contributed by atoms with E-state index in [1.165, 1.54) is 11.1 Å². The van der Waals surface area contributed by atoms with Crippen LogP contribution in [0.25, 0.3) is 0 Å². The quantitative estimate of drug-likeness (QED) is 0.460. The fourth-order valence-electron chi connectivity index (χ4n) is 0.846. The Morgan fingerprint density at radius 2 is 1.89 bits per heavy atom. The molecule has 9 heavy (non-hydrogen) atoms. The molecule has 0 nitrogen and oxygen atoms in total. The summed E-state index contributed by atoms with van der Waals surface area (Å²) in [5, 5.41) is 0. The van der Waals surface area contributed by atoms with Gasteiger partial charge in [-0.3, -0.25) is 0 Å². The minimum absolute atomic E-state index is 1.13. The van der Waals surface area contributed by atoms with Gasteiger partial charge in [-0.15, -0.1) is 0 Å². The molecular weight excluding hydrogens is 108 g/mol. The van der Waals surface area contributed by atoms with Crippen molar-refractivity contribution in [2.24, 2.45) is 0 Å². The zero-order chi connectivity index (χ0) is 6.85. The number of rotatable bonds is 0. The third-order valence-electron chi connectivity index (χ3n) is 1.50. The molecule has 0 aliphatic heterocycles. The molecule has 0 heterocycles. The molecule has 0 aromatic heterocycles. The van der Waals surface area contributed by atoms with Crippen molar-refractivity contribution in [3.8, 4) is 0 Å². The van der Waals surface area contributed by atoms with Crippen molar-refractivity contribution < 1.29 is 0 Å². The molecule has 0 fully saturated rings. The van der Waals surface area contributed by atoms with Crippen LogP contribution in [0.2, 0.25) is 0 Å². The van der Waals surface area contributed by atoms with Crippen LogP contribution in [0, 0.1) is 20.8 Å². The second-order valence-corrected chi connectivity index (χ2v) is 2.43. The van der Waals surface area contributed by atoms with Crippen molar-refractivity contribution in [2.45, 2.75) is 13.8 Å². The molecule has 0 bridgehead atoms. The Bertz CT molecular complexity index is 211. The van der Waals surface area contributed by atoms with Crippen molar-refractivity contribution in [3.63, 3.8) is 0 Å². The van der Waals surface area contributed by atoms with Gasteiger partial charge in [-0.1, -0.05) is 0 Å². The SMILES string of the molecule is [CH2+]c1ccc(C)cc1C. The summed E-state index contributed by atoms with van der Waals surface area (Å²) in [5.74, 6) is 0. The van der Waals surface area contributed by atoms with Crippen LogP contribution in [-0.2, 0) is 0 Å². The molecule has 1 rings (SSSR count). The van der Waals surface area contributed by atoms with E-state index in [1.807, 2.05) is 6.07 Å². The van der Waals surface area contributed by atoms with Gasteiger partial charge in [-0.05, 0) is 18.6 Å². The first kappa shape index (κ1) is 6.21. The topological polar surface area (TPSA) is 0 Å². The van der Waals surface area contributed by atoms with Crippen LogP contribution in [0.1, 0.15) is 16.7 Å². The smallest absolute Gasteiger partial charge is 0.0374 e. The highest BCUT2D eigenvalue weighted by molar-refractivity contribution is 5.31. The fourth-order valence-corrected chi connectivity index (χ4v) is 0.846. The summed E-state index contributed by atoms with van der Waals surface area (Å²) >= 11 is 0. The highest BCUT2D eigenvalue weighted by Crippen LogP contribution is 2.07. The molecule has 0 aliphatic carbocycles. The Hall–Kier alpha value is -0.910. The Morgan fingerprint density at radius 3 is 2.33 bits per heavy atom. The molecule has 0 spiro atoms. The number of aryl methyl sites for hydroxylation is 2. The molecule has 0 heteroatoms. The monoisotopic (exact) mass is 119 g/mol. The van der Waals surface area contributed by atoms with E-state index in [9.17, 15) is 0 Å². The van der Waals surface area contributed by atoms with Gasteiger partial charge in [0.1, 0.15) is 5.56 Å². The normalized spacial score (nSPS) is 9.56. The summed E-state index contributed by atoms with van der Waals surface area (Å²) in [5.41, 5.74) is 3.70. The molecular formula is C9H11+. The standard InChI is InChI=1S/C9H11/c1-7-4-5-8(2)9(3)6-7/h4-6H,2H2,1,3H3/q+1. The van der Waals surface area contributed by atoms with E-state index in [4.69, 9.17) is 0 Å². The zero-order valence-electron chi connectivity index (χ0n) is 5.94. The maximum Gasteiger partial charge on any atom is 0.129 e. The summed E-state index contributed by atoms with van der Waals surface area (Å²) in [6, 6.07) is 6.27. The van der Waals surface area contributed by atoms with E-state index >= 15 is 0 Å². The average molecular weight is 119 g/mol. The van der Waals surface area contributed by atoms with Crippen LogP contribution in [0.4, 0.5) is 0 Å². The van der Waals surface area contributed by atoms with Crippen molar-refractivity contribution in [1.29, 1.82) is 0 Å². The second kappa shape index (κ2) is 2.14. The van der Waals surface area contributed by atoms with E-state index in [1.54, 1.807) is 0 Å². The van der Waals surface area contributed by atoms with E-state index in [-0.39, 0.29) is 0 Å². The Labute approximate surface area is 56.5 Å². The van der Waals surface area contributed by atoms with Gasteiger partial charge >= 0.3 is 0 Å². The van der Waals surface area contributed by atoms with Gasteiger partial charge in [0.05, 0.1) is 5.56 Å².